The van der Waals surface area contributed by atoms with Gasteiger partial charge in [0.1, 0.15) is 5.88 Å². The Hall–Kier alpha value is -0.150. The molecule has 1 rings (SSSR count). The first-order valence-corrected chi connectivity index (χ1v) is 6.51. The summed E-state index contributed by atoms with van der Waals surface area (Å²) in [5.41, 5.74) is 0. The van der Waals surface area contributed by atoms with Crippen LogP contribution in [0.3, 0.4) is 0 Å². The Morgan fingerprint density at radius 2 is 2.14 bits per heavy atom. The van der Waals surface area contributed by atoms with E-state index in [2.05, 4.69) is 12.8 Å². The Bertz CT molecular complexity index is 200. The van der Waals surface area contributed by atoms with Crippen molar-refractivity contribution in [3.8, 4) is 0 Å². The molecule has 0 aliphatic carbocycles. The molecule has 0 saturated carbocycles. The second-order valence-electron chi connectivity index (χ2n) is 3.46. The molecule has 0 unspecified atom stereocenters. The van der Waals surface area contributed by atoms with Crippen LogP contribution in [0.2, 0.25) is 0 Å². The molecule has 0 radical (unpaired) electrons. The van der Waals surface area contributed by atoms with Crippen molar-refractivity contribution in [3.05, 3.63) is 11.5 Å². The van der Waals surface area contributed by atoms with Gasteiger partial charge in [0.05, 0.1) is 0 Å². The van der Waals surface area contributed by atoms with E-state index >= 15 is 0 Å². The number of amides is 1. The monoisotopic (exact) mass is 233 g/mol. The van der Waals surface area contributed by atoms with Crippen LogP contribution >= 0.6 is 23.4 Å². The smallest absolute Gasteiger partial charge is 0.237 e. The molecule has 0 bridgehead atoms. The van der Waals surface area contributed by atoms with Gasteiger partial charge in [0.25, 0.3) is 0 Å². The van der Waals surface area contributed by atoms with Crippen molar-refractivity contribution in [2.45, 2.75) is 12.8 Å². The van der Waals surface area contributed by atoms with Crippen LogP contribution in [0.25, 0.3) is 0 Å². The predicted molar refractivity (Wildman–Crippen MR) is 62.7 cm³/mol. The van der Waals surface area contributed by atoms with Crippen LogP contribution in [-0.2, 0) is 4.79 Å². The molecule has 1 aliphatic rings. The summed E-state index contributed by atoms with van der Waals surface area (Å²) < 4.78 is 0. The van der Waals surface area contributed by atoms with E-state index in [0.717, 1.165) is 25.9 Å². The maximum Gasteiger partial charge on any atom is 0.237 e. The standard InChI is InChI=1S/C10H16ClNOS/c1-8(14-2)9-3-5-12(6-4-9)10(13)7-11/h9H,1,3-7H2,2H3. The Labute approximate surface area is 94.7 Å². The number of hydrogen-bond donors (Lipinski definition) is 0. The fraction of sp³-hybridized carbons (Fsp3) is 0.700. The summed E-state index contributed by atoms with van der Waals surface area (Å²) in [4.78, 5) is 14.4. The fourth-order valence-electron chi connectivity index (χ4n) is 1.70. The number of thioether (sulfide) groups is 1. The molecule has 4 heteroatoms. The molecule has 0 aromatic rings. The van der Waals surface area contributed by atoms with Crippen molar-refractivity contribution in [1.29, 1.82) is 0 Å². The van der Waals surface area contributed by atoms with Gasteiger partial charge in [-0.2, -0.15) is 0 Å². The highest BCUT2D eigenvalue weighted by atomic mass is 35.5. The Balaban J connectivity index is 2.38. The Morgan fingerprint density at radius 1 is 1.57 bits per heavy atom. The fourth-order valence-corrected chi connectivity index (χ4v) is 2.44. The van der Waals surface area contributed by atoms with E-state index in [0.29, 0.717) is 5.92 Å². The van der Waals surface area contributed by atoms with E-state index in [1.54, 1.807) is 11.8 Å². The summed E-state index contributed by atoms with van der Waals surface area (Å²) in [7, 11) is 0. The van der Waals surface area contributed by atoms with Gasteiger partial charge < -0.3 is 4.90 Å². The van der Waals surface area contributed by atoms with Crippen LogP contribution in [0.5, 0.6) is 0 Å². The minimum Gasteiger partial charge on any atom is -0.342 e. The van der Waals surface area contributed by atoms with Gasteiger partial charge in [-0.1, -0.05) is 6.58 Å². The maximum absolute atomic E-state index is 11.3. The van der Waals surface area contributed by atoms with Crippen molar-refractivity contribution in [2.24, 2.45) is 5.92 Å². The maximum atomic E-state index is 11.3. The lowest BCUT2D eigenvalue weighted by Crippen LogP contribution is -2.39. The molecule has 80 valence electrons. The van der Waals surface area contributed by atoms with Crippen LogP contribution in [0, 0.1) is 5.92 Å². The summed E-state index contributed by atoms with van der Waals surface area (Å²) in [5.74, 6) is 0.734. The quantitative estimate of drug-likeness (QED) is 0.698. The van der Waals surface area contributed by atoms with E-state index in [4.69, 9.17) is 11.6 Å². The number of carbonyl (C=O) groups is 1. The van der Waals surface area contributed by atoms with E-state index in [1.165, 1.54) is 4.91 Å². The molecule has 14 heavy (non-hydrogen) atoms. The lowest BCUT2D eigenvalue weighted by atomic mass is 9.97. The first-order valence-electron chi connectivity index (χ1n) is 4.75. The largest absolute Gasteiger partial charge is 0.342 e. The molecule has 0 spiro atoms. The Kier molecular flexibility index (Phi) is 4.82. The van der Waals surface area contributed by atoms with Gasteiger partial charge in [-0.25, -0.2) is 0 Å². The molecule has 0 aromatic carbocycles. The van der Waals surface area contributed by atoms with Crippen molar-refractivity contribution in [1.82, 2.24) is 4.90 Å². The van der Waals surface area contributed by atoms with E-state index in [9.17, 15) is 4.79 Å². The minimum atomic E-state index is 0.0554. The molecule has 2 nitrogen and oxygen atoms in total. The molecular weight excluding hydrogens is 218 g/mol. The van der Waals surface area contributed by atoms with Crippen LogP contribution in [0.15, 0.2) is 11.5 Å². The molecule has 1 amide bonds. The van der Waals surface area contributed by atoms with E-state index in [-0.39, 0.29) is 11.8 Å². The molecule has 1 fully saturated rings. The molecule has 1 saturated heterocycles. The lowest BCUT2D eigenvalue weighted by molar-refractivity contribution is -0.129. The van der Waals surface area contributed by atoms with Gasteiger partial charge in [0, 0.05) is 13.1 Å². The summed E-state index contributed by atoms with van der Waals surface area (Å²) >= 11 is 7.22. The van der Waals surface area contributed by atoms with Crippen molar-refractivity contribution < 1.29 is 4.79 Å². The molecular formula is C10H16ClNOS. The highest BCUT2D eigenvalue weighted by Crippen LogP contribution is 2.29. The average molecular weight is 234 g/mol. The van der Waals surface area contributed by atoms with Gasteiger partial charge in [-0.3, -0.25) is 4.79 Å². The molecule has 0 atom stereocenters. The van der Waals surface area contributed by atoms with Crippen LogP contribution in [-0.4, -0.2) is 36.0 Å². The molecule has 0 aromatic heterocycles. The SMILES string of the molecule is C=C(SC)C1CCN(C(=O)CCl)CC1. The van der Waals surface area contributed by atoms with Gasteiger partial charge in [0.2, 0.25) is 5.91 Å². The van der Waals surface area contributed by atoms with Crippen molar-refractivity contribution in [3.63, 3.8) is 0 Å². The lowest BCUT2D eigenvalue weighted by Gasteiger charge is -2.32. The summed E-state index contributed by atoms with van der Waals surface area (Å²) in [5, 5.41) is 0. The highest BCUT2D eigenvalue weighted by Gasteiger charge is 2.23. The number of likely N-dealkylation sites (tertiary alicyclic amines) is 1. The number of allylic oxidation sites excluding steroid dienone is 1. The second kappa shape index (κ2) is 5.66. The molecule has 0 N–H and O–H groups in total. The van der Waals surface area contributed by atoms with Crippen LogP contribution < -0.4 is 0 Å². The Morgan fingerprint density at radius 3 is 2.57 bits per heavy atom. The van der Waals surface area contributed by atoms with Crippen molar-refractivity contribution >= 4 is 29.3 Å². The first kappa shape index (κ1) is 11.9. The predicted octanol–water partition coefficient (Wildman–Crippen LogP) is 2.34. The van der Waals surface area contributed by atoms with Gasteiger partial charge in [-0.05, 0) is 29.9 Å². The number of carbonyl (C=O) groups excluding carboxylic acids is 1. The van der Waals surface area contributed by atoms with E-state index in [1.807, 2.05) is 4.90 Å². The third-order valence-electron chi connectivity index (χ3n) is 2.68. The zero-order valence-electron chi connectivity index (χ0n) is 8.46. The number of hydrogen-bond acceptors (Lipinski definition) is 2. The third-order valence-corrected chi connectivity index (χ3v) is 3.77. The number of alkyl halides is 1. The third kappa shape index (κ3) is 2.92. The number of halogens is 1. The summed E-state index contributed by atoms with van der Waals surface area (Å²) in [6, 6.07) is 0. The van der Waals surface area contributed by atoms with Crippen LogP contribution in [0.4, 0.5) is 0 Å². The zero-order valence-corrected chi connectivity index (χ0v) is 10.0. The number of piperidine rings is 1. The average Bonchev–Trinajstić information content (AvgIpc) is 2.27. The first-order chi connectivity index (χ1) is 6.69. The van der Waals surface area contributed by atoms with Gasteiger partial charge in [0.15, 0.2) is 0 Å². The summed E-state index contributed by atoms with van der Waals surface area (Å²) in [6.45, 7) is 5.68. The minimum absolute atomic E-state index is 0.0554. The van der Waals surface area contributed by atoms with Crippen LogP contribution in [0.1, 0.15) is 12.8 Å². The van der Waals surface area contributed by atoms with E-state index < -0.39 is 0 Å². The second-order valence-corrected chi connectivity index (χ2v) is 4.66. The number of nitrogens with zero attached hydrogens (tertiary/aromatic N) is 1. The topological polar surface area (TPSA) is 20.3 Å². The highest BCUT2D eigenvalue weighted by molar-refractivity contribution is 8.02. The normalized spacial score (nSPS) is 18.3. The number of rotatable bonds is 3. The van der Waals surface area contributed by atoms with Crippen molar-refractivity contribution in [2.75, 3.05) is 25.2 Å². The summed E-state index contributed by atoms with van der Waals surface area (Å²) in [6.07, 6.45) is 4.11. The van der Waals surface area contributed by atoms with Gasteiger partial charge >= 0.3 is 0 Å². The molecule has 1 aliphatic heterocycles. The molecule has 1 heterocycles. The van der Waals surface area contributed by atoms with Gasteiger partial charge in [-0.15, -0.1) is 23.4 Å². The zero-order chi connectivity index (χ0) is 10.6.